The van der Waals surface area contributed by atoms with Gasteiger partial charge in [-0.3, -0.25) is 9.89 Å². The van der Waals surface area contributed by atoms with E-state index in [1.54, 1.807) is 0 Å². The Morgan fingerprint density at radius 1 is 1.35 bits per heavy atom. The van der Waals surface area contributed by atoms with Crippen LogP contribution in [0.4, 0.5) is 5.69 Å². The molecule has 1 aromatic heterocycles. The first-order valence-electron chi connectivity index (χ1n) is 6.50. The number of carbonyl (C=O) groups is 1. The number of aromatic amines is 1. The van der Waals surface area contributed by atoms with Crippen molar-refractivity contribution in [3.8, 4) is 0 Å². The Labute approximate surface area is 122 Å². The number of carbonyl (C=O) groups excluding carboxylic acids is 1. The normalized spacial score (nSPS) is 10.6. The number of benzene rings is 1. The maximum atomic E-state index is 12.0. The van der Waals surface area contributed by atoms with E-state index < -0.39 is 0 Å². The van der Waals surface area contributed by atoms with Crippen molar-refractivity contribution in [2.75, 3.05) is 11.1 Å². The number of thioether (sulfide) groups is 1. The lowest BCUT2D eigenvalue weighted by Crippen LogP contribution is -2.15. The second-order valence-electron chi connectivity index (χ2n) is 4.52. The zero-order valence-electron chi connectivity index (χ0n) is 11.9. The van der Waals surface area contributed by atoms with Crippen molar-refractivity contribution >= 4 is 23.4 Å². The molecule has 0 fully saturated rings. The zero-order chi connectivity index (χ0) is 14.5. The largest absolute Gasteiger partial charge is 0.325 e. The van der Waals surface area contributed by atoms with E-state index in [1.165, 1.54) is 11.8 Å². The lowest BCUT2D eigenvalue weighted by atomic mass is 10.1. The molecule has 2 rings (SSSR count). The maximum absolute atomic E-state index is 12.0. The highest BCUT2D eigenvalue weighted by atomic mass is 32.2. The van der Waals surface area contributed by atoms with Crippen molar-refractivity contribution in [1.82, 2.24) is 15.2 Å². The molecule has 0 bridgehead atoms. The Balaban J connectivity index is 1.92. The van der Waals surface area contributed by atoms with Gasteiger partial charge in [0.2, 0.25) is 11.1 Å². The molecule has 0 aliphatic heterocycles. The van der Waals surface area contributed by atoms with Gasteiger partial charge in [0.05, 0.1) is 5.75 Å². The Morgan fingerprint density at radius 3 is 2.65 bits per heavy atom. The van der Waals surface area contributed by atoms with Crippen molar-refractivity contribution in [2.24, 2.45) is 0 Å². The molecule has 106 valence electrons. The molecule has 2 N–H and O–H groups in total. The van der Waals surface area contributed by atoms with Crippen LogP contribution in [0.5, 0.6) is 0 Å². The second kappa shape index (κ2) is 6.56. The minimum Gasteiger partial charge on any atom is -0.325 e. The molecule has 20 heavy (non-hydrogen) atoms. The molecule has 2 aromatic rings. The molecule has 0 saturated carbocycles. The standard InChI is InChI=1S/C14H18N4OS/c1-4-11-15-14(18-17-11)20-8-12(19)16-13-9(2)6-5-7-10(13)3/h5-7H,4,8H2,1-3H3,(H,16,19)(H,15,17,18). The first-order valence-corrected chi connectivity index (χ1v) is 7.49. The number of para-hydroxylation sites is 1. The van der Waals surface area contributed by atoms with E-state index >= 15 is 0 Å². The van der Waals surface area contributed by atoms with Crippen molar-refractivity contribution in [3.05, 3.63) is 35.2 Å². The van der Waals surface area contributed by atoms with Gasteiger partial charge >= 0.3 is 0 Å². The molecule has 1 heterocycles. The summed E-state index contributed by atoms with van der Waals surface area (Å²) in [5.41, 5.74) is 3.02. The van der Waals surface area contributed by atoms with Crippen molar-refractivity contribution in [2.45, 2.75) is 32.3 Å². The van der Waals surface area contributed by atoms with E-state index in [0.717, 1.165) is 29.1 Å². The van der Waals surface area contributed by atoms with Gasteiger partial charge in [0.15, 0.2) is 0 Å². The summed E-state index contributed by atoms with van der Waals surface area (Å²) in [4.78, 5) is 16.2. The number of amides is 1. The topological polar surface area (TPSA) is 70.7 Å². The molecule has 0 saturated heterocycles. The molecule has 0 unspecified atom stereocenters. The van der Waals surface area contributed by atoms with Crippen LogP contribution < -0.4 is 5.32 Å². The van der Waals surface area contributed by atoms with E-state index in [0.29, 0.717) is 10.9 Å². The molecular formula is C14H18N4OS. The van der Waals surface area contributed by atoms with Gasteiger partial charge < -0.3 is 5.32 Å². The molecule has 1 amide bonds. The number of hydrogen-bond donors (Lipinski definition) is 2. The lowest BCUT2D eigenvalue weighted by molar-refractivity contribution is -0.113. The van der Waals surface area contributed by atoms with Gasteiger partial charge in [-0.05, 0) is 25.0 Å². The molecule has 1 aromatic carbocycles. The predicted molar refractivity (Wildman–Crippen MR) is 81.0 cm³/mol. The summed E-state index contributed by atoms with van der Waals surface area (Å²) in [6, 6.07) is 5.95. The highest BCUT2D eigenvalue weighted by Gasteiger charge is 2.09. The summed E-state index contributed by atoms with van der Waals surface area (Å²) in [7, 11) is 0. The average Bonchev–Trinajstić information content (AvgIpc) is 2.89. The fourth-order valence-corrected chi connectivity index (χ4v) is 2.43. The van der Waals surface area contributed by atoms with Crippen LogP contribution in [0.3, 0.4) is 0 Å². The zero-order valence-corrected chi connectivity index (χ0v) is 12.7. The van der Waals surface area contributed by atoms with Crippen LogP contribution in [0.2, 0.25) is 0 Å². The second-order valence-corrected chi connectivity index (χ2v) is 5.46. The minimum atomic E-state index is -0.0461. The fraction of sp³-hybridized carbons (Fsp3) is 0.357. The fourth-order valence-electron chi connectivity index (χ4n) is 1.82. The Kier molecular flexibility index (Phi) is 4.79. The van der Waals surface area contributed by atoms with E-state index in [9.17, 15) is 4.79 Å². The lowest BCUT2D eigenvalue weighted by Gasteiger charge is -2.10. The first-order chi connectivity index (χ1) is 9.60. The molecule has 5 nitrogen and oxygen atoms in total. The summed E-state index contributed by atoms with van der Waals surface area (Å²) < 4.78 is 0. The van der Waals surface area contributed by atoms with Crippen molar-refractivity contribution in [3.63, 3.8) is 0 Å². The molecule has 0 spiro atoms. The number of nitrogens with zero attached hydrogens (tertiary/aromatic N) is 2. The SMILES string of the molecule is CCc1nc(SCC(=O)Nc2c(C)cccc2C)n[nH]1. The number of hydrogen-bond acceptors (Lipinski definition) is 4. The summed E-state index contributed by atoms with van der Waals surface area (Å²) in [5.74, 6) is 1.09. The monoisotopic (exact) mass is 290 g/mol. The first kappa shape index (κ1) is 14.6. The van der Waals surface area contributed by atoms with Crippen LogP contribution >= 0.6 is 11.8 Å². The van der Waals surface area contributed by atoms with Gasteiger partial charge in [-0.2, -0.15) is 0 Å². The third-order valence-corrected chi connectivity index (χ3v) is 3.77. The quantitative estimate of drug-likeness (QED) is 0.831. The minimum absolute atomic E-state index is 0.0461. The summed E-state index contributed by atoms with van der Waals surface area (Å²) in [6.07, 6.45) is 0.808. The van der Waals surface area contributed by atoms with Gasteiger partial charge in [-0.1, -0.05) is 36.9 Å². The number of rotatable bonds is 5. The van der Waals surface area contributed by atoms with Crippen LogP contribution in [0.15, 0.2) is 23.4 Å². The molecular weight excluding hydrogens is 272 g/mol. The van der Waals surface area contributed by atoms with Crippen LogP contribution in [0.1, 0.15) is 23.9 Å². The summed E-state index contributed by atoms with van der Waals surface area (Å²) >= 11 is 1.33. The van der Waals surface area contributed by atoms with Crippen molar-refractivity contribution in [1.29, 1.82) is 0 Å². The number of anilines is 1. The molecule has 0 atom stereocenters. The van der Waals surface area contributed by atoms with Crippen LogP contribution in [0, 0.1) is 13.8 Å². The third kappa shape index (κ3) is 3.60. The number of aryl methyl sites for hydroxylation is 3. The Morgan fingerprint density at radius 2 is 2.05 bits per heavy atom. The highest BCUT2D eigenvalue weighted by molar-refractivity contribution is 7.99. The van der Waals surface area contributed by atoms with E-state index in [-0.39, 0.29) is 5.91 Å². The Hall–Kier alpha value is -1.82. The molecule has 0 radical (unpaired) electrons. The number of aromatic nitrogens is 3. The van der Waals surface area contributed by atoms with Gasteiger partial charge in [0.1, 0.15) is 5.82 Å². The number of nitrogens with one attached hydrogen (secondary N) is 2. The van der Waals surface area contributed by atoms with E-state index in [1.807, 2.05) is 39.0 Å². The van der Waals surface area contributed by atoms with Gasteiger partial charge in [-0.25, -0.2) is 4.98 Å². The molecule has 0 aliphatic carbocycles. The van der Waals surface area contributed by atoms with Gasteiger partial charge in [0.25, 0.3) is 0 Å². The van der Waals surface area contributed by atoms with Crippen LogP contribution in [-0.4, -0.2) is 26.8 Å². The van der Waals surface area contributed by atoms with Gasteiger partial charge in [0, 0.05) is 12.1 Å². The average molecular weight is 290 g/mol. The van der Waals surface area contributed by atoms with Crippen molar-refractivity contribution < 1.29 is 4.79 Å². The summed E-state index contributed by atoms with van der Waals surface area (Å²) in [6.45, 7) is 5.97. The smallest absolute Gasteiger partial charge is 0.234 e. The van der Waals surface area contributed by atoms with Crippen LogP contribution in [0.25, 0.3) is 0 Å². The number of H-pyrrole nitrogens is 1. The molecule has 0 aliphatic rings. The van der Waals surface area contributed by atoms with Crippen LogP contribution in [-0.2, 0) is 11.2 Å². The summed E-state index contributed by atoms with van der Waals surface area (Å²) in [5, 5.41) is 10.4. The van der Waals surface area contributed by atoms with E-state index in [4.69, 9.17) is 0 Å². The highest BCUT2D eigenvalue weighted by Crippen LogP contribution is 2.20. The third-order valence-electron chi connectivity index (χ3n) is 2.92. The maximum Gasteiger partial charge on any atom is 0.234 e. The van der Waals surface area contributed by atoms with E-state index in [2.05, 4.69) is 20.5 Å². The predicted octanol–water partition coefficient (Wildman–Crippen LogP) is 2.71. The van der Waals surface area contributed by atoms with Gasteiger partial charge in [-0.15, -0.1) is 5.10 Å². The Bertz CT molecular complexity index is 589. The molecule has 6 heteroatoms.